The van der Waals surface area contributed by atoms with Crippen LogP contribution in [-0.4, -0.2) is 26.0 Å². The molecule has 2 heterocycles. The maximum absolute atomic E-state index is 10.0. The summed E-state index contributed by atoms with van der Waals surface area (Å²) < 4.78 is 2.32. The lowest BCUT2D eigenvalue weighted by atomic mass is 9.62. The maximum atomic E-state index is 10.0. The van der Waals surface area contributed by atoms with Crippen molar-refractivity contribution in [2.45, 2.75) is 63.0 Å². The average Bonchev–Trinajstić information content (AvgIpc) is 2.86. The van der Waals surface area contributed by atoms with E-state index >= 15 is 0 Å². The number of halogens is 1. The smallest absolute Gasteiger partial charge is 0.143 e. The van der Waals surface area contributed by atoms with Crippen LogP contribution in [0.4, 0.5) is 0 Å². The molecule has 1 aromatic carbocycles. The molecule has 0 bridgehead atoms. The number of fused-ring (bicyclic) bond motifs is 1. The summed E-state index contributed by atoms with van der Waals surface area (Å²) in [6, 6.07) is 7.99. The number of hydrogen-bond acceptors (Lipinski definition) is 3. The molecule has 0 radical (unpaired) electrons. The lowest BCUT2D eigenvalue weighted by Gasteiger charge is -2.45. The molecular formula is C18H22ClN3O. The van der Waals surface area contributed by atoms with Gasteiger partial charge in [0, 0.05) is 18.0 Å². The highest BCUT2D eigenvalue weighted by Crippen LogP contribution is 2.48. The van der Waals surface area contributed by atoms with Crippen LogP contribution in [0, 0.1) is 0 Å². The molecule has 23 heavy (non-hydrogen) atoms. The zero-order valence-corrected chi connectivity index (χ0v) is 14.0. The van der Waals surface area contributed by atoms with Gasteiger partial charge < -0.3 is 9.67 Å². The predicted octanol–water partition coefficient (Wildman–Crippen LogP) is 3.49. The van der Waals surface area contributed by atoms with Crippen molar-refractivity contribution in [1.82, 2.24) is 14.8 Å². The molecule has 0 saturated heterocycles. The van der Waals surface area contributed by atoms with Gasteiger partial charge in [-0.25, -0.2) is 0 Å². The third kappa shape index (κ3) is 2.58. The fraction of sp³-hybridized carbons (Fsp3) is 0.556. The van der Waals surface area contributed by atoms with Crippen LogP contribution in [0.1, 0.15) is 55.7 Å². The van der Waals surface area contributed by atoms with Crippen LogP contribution in [0.15, 0.2) is 24.3 Å². The number of aliphatic hydroxyl groups is 1. The average molecular weight is 332 g/mol. The van der Waals surface area contributed by atoms with Gasteiger partial charge >= 0.3 is 0 Å². The number of rotatable bonds is 2. The van der Waals surface area contributed by atoms with Gasteiger partial charge in [-0.3, -0.25) is 0 Å². The van der Waals surface area contributed by atoms with Gasteiger partial charge in [-0.1, -0.05) is 36.6 Å². The zero-order chi connectivity index (χ0) is 15.9. The van der Waals surface area contributed by atoms with Crippen LogP contribution in [-0.2, 0) is 18.4 Å². The van der Waals surface area contributed by atoms with Gasteiger partial charge in [0.05, 0.1) is 11.5 Å². The molecule has 4 nitrogen and oxygen atoms in total. The van der Waals surface area contributed by atoms with Crippen LogP contribution in [0.2, 0.25) is 5.02 Å². The van der Waals surface area contributed by atoms with Crippen LogP contribution < -0.4 is 0 Å². The Morgan fingerprint density at radius 1 is 1.04 bits per heavy atom. The van der Waals surface area contributed by atoms with Crippen molar-refractivity contribution in [2.75, 3.05) is 0 Å². The van der Waals surface area contributed by atoms with Gasteiger partial charge in [0.2, 0.25) is 0 Å². The molecule has 0 atom stereocenters. The van der Waals surface area contributed by atoms with Gasteiger partial charge in [0.1, 0.15) is 11.6 Å². The van der Waals surface area contributed by atoms with Gasteiger partial charge in [-0.2, -0.15) is 0 Å². The number of nitrogens with zero attached hydrogens (tertiary/aromatic N) is 3. The minimum atomic E-state index is -0.257. The molecule has 0 unspecified atom stereocenters. The van der Waals surface area contributed by atoms with E-state index in [1.54, 1.807) is 0 Å². The van der Waals surface area contributed by atoms with E-state index in [1.807, 2.05) is 12.1 Å². The molecule has 1 aliphatic heterocycles. The molecular weight excluding hydrogens is 310 g/mol. The Balaban J connectivity index is 1.78. The zero-order valence-electron chi connectivity index (χ0n) is 13.2. The van der Waals surface area contributed by atoms with E-state index in [0.717, 1.165) is 29.6 Å². The molecule has 122 valence electrons. The Morgan fingerprint density at radius 3 is 2.52 bits per heavy atom. The van der Waals surface area contributed by atoms with Crippen molar-refractivity contribution >= 4 is 11.6 Å². The lowest BCUT2D eigenvalue weighted by Crippen LogP contribution is -2.47. The molecule has 1 fully saturated rings. The van der Waals surface area contributed by atoms with E-state index in [9.17, 15) is 5.11 Å². The Hall–Kier alpha value is -1.39. The summed E-state index contributed by atoms with van der Waals surface area (Å²) in [4.78, 5) is 0. The van der Waals surface area contributed by atoms with E-state index in [-0.39, 0.29) is 11.5 Å². The van der Waals surface area contributed by atoms with Gasteiger partial charge in [0.15, 0.2) is 0 Å². The number of aryl methyl sites for hydroxylation is 1. The number of benzene rings is 1. The monoisotopic (exact) mass is 331 g/mol. The van der Waals surface area contributed by atoms with Gasteiger partial charge in [0.25, 0.3) is 0 Å². The molecule has 1 aromatic heterocycles. The first-order chi connectivity index (χ1) is 11.2. The van der Waals surface area contributed by atoms with Crippen molar-refractivity contribution in [1.29, 1.82) is 0 Å². The number of aliphatic hydroxyl groups excluding tert-OH is 1. The van der Waals surface area contributed by atoms with E-state index in [1.165, 1.54) is 31.2 Å². The molecule has 1 aliphatic carbocycles. The lowest BCUT2D eigenvalue weighted by molar-refractivity contribution is 0.0317. The summed E-state index contributed by atoms with van der Waals surface area (Å²) in [7, 11) is 0. The highest BCUT2D eigenvalue weighted by atomic mass is 35.5. The Morgan fingerprint density at radius 2 is 1.78 bits per heavy atom. The first-order valence-corrected chi connectivity index (χ1v) is 8.93. The Kier molecular flexibility index (Phi) is 3.90. The van der Waals surface area contributed by atoms with Crippen molar-refractivity contribution in [3.8, 4) is 0 Å². The summed E-state index contributed by atoms with van der Waals surface area (Å²) in [5, 5.41) is 19.8. The van der Waals surface area contributed by atoms with Crippen molar-refractivity contribution in [3.05, 3.63) is 46.5 Å². The molecule has 2 aliphatic rings. The molecule has 1 N–H and O–H groups in total. The SMILES string of the molecule is O[C@H]1C[C@](c2ccc(Cl)cc2)(c2nnc3n2CCCCCC3)C1. The van der Waals surface area contributed by atoms with Crippen LogP contribution in [0.5, 0.6) is 0 Å². The topological polar surface area (TPSA) is 50.9 Å². The minimum Gasteiger partial charge on any atom is -0.393 e. The van der Waals surface area contributed by atoms with Gasteiger partial charge in [-0.05, 0) is 43.4 Å². The maximum Gasteiger partial charge on any atom is 0.143 e. The number of hydrogen-bond donors (Lipinski definition) is 1. The summed E-state index contributed by atoms with van der Waals surface area (Å²) in [5.41, 5.74) is 0.971. The Bertz CT molecular complexity index is 689. The number of aromatic nitrogens is 3. The second-order valence-corrected chi connectivity index (χ2v) is 7.34. The fourth-order valence-electron chi connectivity index (χ4n) is 4.08. The molecule has 4 rings (SSSR count). The fourth-order valence-corrected chi connectivity index (χ4v) is 4.20. The van der Waals surface area contributed by atoms with Crippen LogP contribution >= 0.6 is 11.6 Å². The highest BCUT2D eigenvalue weighted by Gasteiger charge is 2.50. The van der Waals surface area contributed by atoms with Gasteiger partial charge in [-0.15, -0.1) is 10.2 Å². The van der Waals surface area contributed by atoms with Crippen LogP contribution in [0.3, 0.4) is 0 Å². The molecule has 0 amide bonds. The highest BCUT2D eigenvalue weighted by molar-refractivity contribution is 6.30. The summed E-state index contributed by atoms with van der Waals surface area (Å²) in [6.45, 7) is 0.989. The van der Waals surface area contributed by atoms with E-state index in [2.05, 4.69) is 26.9 Å². The van der Waals surface area contributed by atoms with E-state index < -0.39 is 0 Å². The third-order valence-electron chi connectivity index (χ3n) is 5.35. The minimum absolute atomic E-state index is 0.214. The molecule has 1 saturated carbocycles. The summed E-state index contributed by atoms with van der Waals surface area (Å²) >= 11 is 6.05. The van der Waals surface area contributed by atoms with Crippen molar-refractivity contribution in [3.63, 3.8) is 0 Å². The molecule has 5 heteroatoms. The first-order valence-electron chi connectivity index (χ1n) is 8.56. The standard InChI is InChI=1S/C18H22ClN3O/c19-14-8-6-13(7-9-14)18(11-15(23)12-18)17-21-20-16-5-3-1-2-4-10-22(16)17/h6-9,15,23H,1-5,10-12H2/t15-,18-. The normalized spacial score (nSPS) is 27.7. The largest absolute Gasteiger partial charge is 0.393 e. The summed E-state index contributed by atoms with van der Waals surface area (Å²) in [5.74, 6) is 2.14. The molecule has 2 aromatic rings. The Labute approximate surface area is 141 Å². The van der Waals surface area contributed by atoms with E-state index in [0.29, 0.717) is 12.8 Å². The quantitative estimate of drug-likeness (QED) is 0.916. The second-order valence-electron chi connectivity index (χ2n) is 6.91. The van der Waals surface area contributed by atoms with E-state index in [4.69, 9.17) is 11.6 Å². The first kappa shape index (κ1) is 15.2. The van der Waals surface area contributed by atoms with Crippen molar-refractivity contribution < 1.29 is 5.11 Å². The second kappa shape index (κ2) is 5.91. The molecule has 0 spiro atoms. The van der Waals surface area contributed by atoms with Crippen LogP contribution in [0.25, 0.3) is 0 Å². The summed E-state index contributed by atoms with van der Waals surface area (Å²) in [6.07, 6.45) is 7.10. The predicted molar refractivity (Wildman–Crippen MR) is 89.7 cm³/mol. The third-order valence-corrected chi connectivity index (χ3v) is 5.60. The van der Waals surface area contributed by atoms with Crippen molar-refractivity contribution in [2.24, 2.45) is 0 Å².